The number of benzene rings is 1. The van der Waals surface area contributed by atoms with Crippen LogP contribution in [0, 0.1) is 5.92 Å². The molecule has 0 bridgehead atoms. The summed E-state index contributed by atoms with van der Waals surface area (Å²) in [6, 6.07) is 6.50. The van der Waals surface area contributed by atoms with Crippen molar-refractivity contribution in [1.29, 1.82) is 0 Å². The van der Waals surface area contributed by atoms with E-state index in [1.165, 1.54) is 5.56 Å². The standard InChI is InChI=1S/C21H26N4O3S.CH4/c1-3-28-21(26)16-5-4-10-24(13-16)12-15-6-7-18-17(11-15)25(14-27-2)19-20(29-18)23-9-8-22-19;/h6-9,11,16H,3-5,10,12-14H2,1-2H3;1H4. The topological polar surface area (TPSA) is 67.8 Å². The third-order valence-corrected chi connectivity index (χ3v) is 6.26. The van der Waals surface area contributed by atoms with E-state index in [0.29, 0.717) is 13.3 Å². The number of methoxy groups -OCH3 is 1. The first kappa shape index (κ1) is 22.5. The Morgan fingerprint density at radius 1 is 1.30 bits per heavy atom. The van der Waals surface area contributed by atoms with Gasteiger partial charge in [-0.3, -0.25) is 14.6 Å². The second-order valence-electron chi connectivity index (χ2n) is 7.26. The third-order valence-electron chi connectivity index (χ3n) is 5.21. The number of aromatic nitrogens is 2. The molecule has 0 radical (unpaired) electrons. The minimum atomic E-state index is -0.0690. The highest BCUT2D eigenvalue weighted by Crippen LogP contribution is 2.46. The monoisotopic (exact) mass is 430 g/mol. The van der Waals surface area contributed by atoms with Gasteiger partial charge >= 0.3 is 5.97 Å². The highest BCUT2D eigenvalue weighted by atomic mass is 32.2. The van der Waals surface area contributed by atoms with Gasteiger partial charge in [0.25, 0.3) is 0 Å². The van der Waals surface area contributed by atoms with Crippen LogP contribution in [0.15, 0.2) is 40.5 Å². The van der Waals surface area contributed by atoms with Crippen molar-refractivity contribution in [2.45, 2.75) is 43.7 Å². The van der Waals surface area contributed by atoms with Gasteiger partial charge < -0.3 is 9.47 Å². The van der Waals surface area contributed by atoms with E-state index in [9.17, 15) is 4.79 Å². The van der Waals surface area contributed by atoms with E-state index < -0.39 is 0 Å². The second kappa shape index (κ2) is 10.2. The highest BCUT2D eigenvalue weighted by Gasteiger charge is 2.28. The van der Waals surface area contributed by atoms with Gasteiger partial charge in [-0.05, 0) is 44.0 Å². The first-order valence-electron chi connectivity index (χ1n) is 9.97. The molecule has 0 saturated carbocycles. The Bertz CT molecular complexity index is 879. The van der Waals surface area contributed by atoms with Crippen LogP contribution in [0.5, 0.6) is 0 Å². The Morgan fingerprint density at radius 3 is 2.93 bits per heavy atom. The summed E-state index contributed by atoms with van der Waals surface area (Å²) < 4.78 is 10.7. The number of carbonyl (C=O) groups excluding carboxylic acids is 1. The van der Waals surface area contributed by atoms with Crippen molar-refractivity contribution in [3.05, 3.63) is 36.2 Å². The van der Waals surface area contributed by atoms with Crippen molar-refractivity contribution >= 4 is 29.2 Å². The van der Waals surface area contributed by atoms with Crippen LogP contribution >= 0.6 is 11.8 Å². The van der Waals surface area contributed by atoms with Crippen molar-refractivity contribution in [2.75, 3.05) is 38.4 Å². The average molecular weight is 431 g/mol. The van der Waals surface area contributed by atoms with Crippen LogP contribution in [0.3, 0.4) is 0 Å². The molecule has 0 N–H and O–H groups in total. The molecule has 0 aliphatic carbocycles. The Hall–Kier alpha value is -2.16. The van der Waals surface area contributed by atoms with Crippen molar-refractivity contribution in [3.63, 3.8) is 0 Å². The van der Waals surface area contributed by atoms with E-state index in [1.807, 2.05) is 6.92 Å². The smallest absolute Gasteiger partial charge is 0.310 e. The van der Waals surface area contributed by atoms with E-state index in [2.05, 4.69) is 38.0 Å². The molecule has 162 valence electrons. The lowest BCUT2D eigenvalue weighted by Gasteiger charge is -2.33. The SMILES string of the molecule is C.CCOC(=O)C1CCCN(Cc2ccc3c(c2)N(COC)c2nccnc2S3)C1. The van der Waals surface area contributed by atoms with Gasteiger partial charge in [0, 0.05) is 37.5 Å². The highest BCUT2D eigenvalue weighted by molar-refractivity contribution is 7.99. The molecule has 2 aromatic rings. The summed E-state index contributed by atoms with van der Waals surface area (Å²) in [7, 11) is 1.69. The summed E-state index contributed by atoms with van der Waals surface area (Å²) in [5.41, 5.74) is 2.30. The summed E-state index contributed by atoms with van der Waals surface area (Å²) in [5.74, 6) is 0.730. The number of ether oxygens (including phenoxy) is 2. The molecular formula is C22H30N4O3S. The molecule has 1 saturated heterocycles. The minimum Gasteiger partial charge on any atom is -0.466 e. The maximum absolute atomic E-state index is 12.1. The molecule has 1 atom stereocenters. The van der Waals surface area contributed by atoms with E-state index in [-0.39, 0.29) is 19.3 Å². The molecule has 4 rings (SSSR count). The summed E-state index contributed by atoms with van der Waals surface area (Å²) in [5, 5.41) is 0.887. The molecule has 1 unspecified atom stereocenters. The van der Waals surface area contributed by atoms with E-state index in [4.69, 9.17) is 9.47 Å². The first-order valence-corrected chi connectivity index (χ1v) is 10.8. The molecule has 30 heavy (non-hydrogen) atoms. The molecule has 3 heterocycles. The van der Waals surface area contributed by atoms with Crippen LogP contribution in [0.25, 0.3) is 0 Å². The lowest BCUT2D eigenvalue weighted by Crippen LogP contribution is -2.39. The fourth-order valence-electron chi connectivity index (χ4n) is 3.92. The van der Waals surface area contributed by atoms with Crippen LogP contribution in [-0.4, -0.2) is 54.4 Å². The predicted molar refractivity (Wildman–Crippen MR) is 118 cm³/mol. The van der Waals surface area contributed by atoms with Gasteiger partial charge in [0.15, 0.2) is 5.82 Å². The zero-order valence-corrected chi connectivity index (χ0v) is 17.7. The number of hydrogen-bond donors (Lipinski definition) is 0. The maximum atomic E-state index is 12.1. The maximum Gasteiger partial charge on any atom is 0.310 e. The van der Waals surface area contributed by atoms with Crippen molar-refractivity contribution < 1.29 is 14.3 Å². The first-order chi connectivity index (χ1) is 14.2. The van der Waals surface area contributed by atoms with E-state index in [0.717, 1.165) is 53.9 Å². The van der Waals surface area contributed by atoms with E-state index >= 15 is 0 Å². The largest absolute Gasteiger partial charge is 0.466 e. The summed E-state index contributed by atoms with van der Waals surface area (Å²) in [4.78, 5) is 26.7. The summed E-state index contributed by atoms with van der Waals surface area (Å²) >= 11 is 1.63. The van der Waals surface area contributed by atoms with Crippen LogP contribution in [0.1, 0.15) is 32.8 Å². The number of carbonyl (C=O) groups is 1. The van der Waals surface area contributed by atoms with Gasteiger partial charge in [-0.1, -0.05) is 25.3 Å². The summed E-state index contributed by atoms with van der Waals surface area (Å²) in [6.45, 7) is 5.27. The number of nitrogens with zero attached hydrogens (tertiary/aromatic N) is 4. The minimum absolute atomic E-state index is 0. The molecule has 0 amide bonds. The fourth-order valence-corrected chi connectivity index (χ4v) is 4.91. The Balaban J connectivity index is 0.00000256. The molecule has 1 aromatic carbocycles. The van der Waals surface area contributed by atoms with E-state index in [1.54, 1.807) is 31.3 Å². The van der Waals surface area contributed by atoms with Crippen LogP contribution < -0.4 is 4.90 Å². The molecule has 1 aromatic heterocycles. The van der Waals surface area contributed by atoms with Gasteiger partial charge in [-0.15, -0.1) is 0 Å². The zero-order chi connectivity index (χ0) is 20.2. The fraction of sp³-hybridized carbons (Fsp3) is 0.500. The molecule has 8 heteroatoms. The average Bonchev–Trinajstić information content (AvgIpc) is 2.74. The van der Waals surface area contributed by atoms with Gasteiger partial charge in [-0.25, -0.2) is 9.97 Å². The van der Waals surface area contributed by atoms with Crippen molar-refractivity contribution in [1.82, 2.24) is 14.9 Å². The van der Waals surface area contributed by atoms with Crippen molar-refractivity contribution in [3.8, 4) is 0 Å². The van der Waals surface area contributed by atoms with Gasteiger partial charge in [0.1, 0.15) is 11.8 Å². The predicted octanol–water partition coefficient (Wildman–Crippen LogP) is 4.09. The van der Waals surface area contributed by atoms with Crippen molar-refractivity contribution in [2.24, 2.45) is 5.92 Å². The Morgan fingerprint density at radius 2 is 2.13 bits per heavy atom. The molecule has 2 aliphatic rings. The molecule has 1 fully saturated rings. The number of likely N-dealkylation sites (tertiary alicyclic amines) is 1. The zero-order valence-electron chi connectivity index (χ0n) is 16.8. The number of esters is 1. The normalized spacial score (nSPS) is 18.2. The Kier molecular flexibility index (Phi) is 7.69. The van der Waals surface area contributed by atoms with Crippen LogP contribution in [0.4, 0.5) is 11.5 Å². The van der Waals surface area contributed by atoms with Crippen LogP contribution in [0.2, 0.25) is 0 Å². The molecular weight excluding hydrogens is 400 g/mol. The molecule has 7 nitrogen and oxygen atoms in total. The third kappa shape index (κ3) is 4.77. The molecule has 0 spiro atoms. The number of piperidine rings is 1. The number of hydrogen-bond acceptors (Lipinski definition) is 8. The summed E-state index contributed by atoms with van der Waals surface area (Å²) in [6.07, 6.45) is 5.35. The number of fused-ring (bicyclic) bond motifs is 2. The Labute approximate surface area is 182 Å². The number of rotatable bonds is 6. The quantitative estimate of drug-likeness (QED) is 0.635. The second-order valence-corrected chi connectivity index (χ2v) is 8.29. The molecule has 2 aliphatic heterocycles. The van der Waals surface area contributed by atoms with Gasteiger partial charge in [0.05, 0.1) is 18.2 Å². The van der Waals surface area contributed by atoms with Gasteiger partial charge in [-0.2, -0.15) is 0 Å². The lowest BCUT2D eigenvalue weighted by molar-refractivity contribution is -0.150. The lowest BCUT2D eigenvalue weighted by atomic mass is 9.97. The number of anilines is 2. The van der Waals surface area contributed by atoms with Crippen LogP contribution in [-0.2, 0) is 20.8 Å². The van der Waals surface area contributed by atoms with Gasteiger partial charge in [0.2, 0.25) is 0 Å².